The van der Waals surface area contributed by atoms with Gasteiger partial charge >= 0.3 is 0 Å². The average molecular weight is 431 g/mol. The van der Waals surface area contributed by atoms with Crippen LogP contribution in [0.5, 0.6) is 0 Å². The van der Waals surface area contributed by atoms with Crippen LogP contribution in [-0.4, -0.2) is 40.3 Å². The molecule has 0 aliphatic carbocycles. The molecule has 0 N–H and O–H groups in total. The number of amides is 1. The van der Waals surface area contributed by atoms with Crippen LogP contribution in [-0.2, 0) is 11.3 Å². The molecule has 158 valence electrons. The Hall–Kier alpha value is -2.75. The summed E-state index contributed by atoms with van der Waals surface area (Å²) in [5, 5.41) is 8.97. The summed E-state index contributed by atoms with van der Waals surface area (Å²) in [4.78, 5) is 22.3. The molecule has 0 unspecified atom stereocenters. The van der Waals surface area contributed by atoms with Gasteiger partial charge in [-0.05, 0) is 74.7 Å². The van der Waals surface area contributed by atoms with Gasteiger partial charge in [0, 0.05) is 19.1 Å². The molecule has 2 fully saturated rings. The van der Waals surface area contributed by atoms with E-state index in [2.05, 4.69) is 41.1 Å². The van der Waals surface area contributed by atoms with Crippen LogP contribution in [0, 0.1) is 16.7 Å². The van der Waals surface area contributed by atoms with Gasteiger partial charge in [-0.3, -0.25) is 9.69 Å². The fourth-order valence-corrected chi connectivity index (χ4v) is 5.76. The predicted molar refractivity (Wildman–Crippen MR) is 122 cm³/mol. The molecule has 1 atom stereocenters. The van der Waals surface area contributed by atoms with Crippen molar-refractivity contribution in [2.45, 2.75) is 38.8 Å². The van der Waals surface area contributed by atoms with E-state index in [0.717, 1.165) is 50.0 Å². The van der Waals surface area contributed by atoms with Gasteiger partial charge in [0.1, 0.15) is 0 Å². The molecule has 3 heterocycles. The normalized spacial score (nSPS) is 19.7. The maximum absolute atomic E-state index is 13.3. The number of carbonyl (C=O) groups is 1. The number of aromatic nitrogens is 1. The maximum atomic E-state index is 13.3. The lowest BCUT2D eigenvalue weighted by Crippen LogP contribution is -2.45. The molecule has 5 rings (SSSR count). The van der Waals surface area contributed by atoms with Crippen LogP contribution in [0.4, 0.5) is 0 Å². The highest BCUT2D eigenvalue weighted by Crippen LogP contribution is 2.43. The Labute approximate surface area is 186 Å². The van der Waals surface area contributed by atoms with E-state index in [4.69, 9.17) is 5.26 Å². The number of nitrogens with zero attached hydrogens (tertiary/aromatic N) is 4. The van der Waals surface area contributed by atoms with E-state index in [9.17, 15) is 4.79 Å². The Kier molecular flexibility index (Phi) is 5.25. The first kappa shape index (κ1) is 20.2. The summed E-state index contributed by atoms with van der Waals surface area (Å²) in [5.74, 6) is 0.313. The van der Waals surface area contributed by atoms with Crippen molar-refractivity contribution in [3.8, 4) is 6.07 Å². The second-order valence-corrected chi connectivity index (χ2v) is 9.74. The minimum Gasteiger partial charge on any atom is -0.338 e. The van der Waals surface area contributed by atoms with Crippen molar-refractivity contribution in [1.29, 1.82) is 5.26 Å². The number of hydrogen-bond acceptors (Lipinski definition) is 5. The molecule has 1 aromatic heterocycles. The van der Waals surface area contributed by atoms with Gasteiger partial charge in [0.25, 0.3) is 0 Å². The van der Waals surface area contributed by atoms with Gasteiger partial charge in [-0.1, -0.05) is 18.2 Å². The molecular formula is C25H26N4OS. The van der Waals surface area contributed by atoms with Gasteiger partial charge in [0.2, 0.25) is 5.91 Å². The number of fused-ring (bicyclic) bond motifs is 1. The van der Waals surface area contributed by atoms with Crippen molar-refractivity contribution in [2.75, 3.05) is 19.6 Å². The number of thiazole rings is 1. The number of carbonyl (C=O) groups excluding carboxylic acids is 1. The highest BCUT2D eigenvalue weighted by molar-refractivity contribution is 7.16. The largest absolute Gasteiger partial charge is 0.338 e. The quantitative estimate of drug-likeness (QED) is 0.600. The highest BCUT2D eigenvalue weighted by atomic mass is 32.1. The van der Waals surface area contributed by atoms with Crippen molar-refractivity contribution in [2.24, 2.45) is 5.41 Å². The first-order chi connectivity index (χ1) is 15.1. The number of rotatable bonds is 4. The predicted octanol–water partition coefficient (Wildman–Crippen LogP) is 4.74. The zero-order valence-electron chi connectivity index (χ0n) is 17.8. The molecule has 0 bridgehead atoms. The van der Waals surface area contributed by atoms with Crippen LogP contribution < -0.4 is 0 Å². The van der Waals surface area contributed by atoms with E-state index in [1.165, 1.54) is 10.3 Å². The minimum absolute atomic E-state index is 0.193. The van der Waals surface area contributed by atoms with E-state index in [-0.39, 0.29) is 5.41 Å². The van der Waals surface area contributed by atoms with Crippen LogP contribution in [0.15, 0.2) is 48.0 Å². The molecule has 3 aromatic rings. The molecule has 1 spiro atoms. The monoisotopic (exact) mass is 430 g/mol. The second kappa shape index (κ2) is 8.07. The summed E-state index contributed by atoms with van der Waals surface area (Å²) in [7, 11) is 0. The molecular weight excluding hydrogens is 404 g/mol. The van der Waals surface area contributed by atoms with Gasteiger partial charge in [0.05, 0.1) is 32.8 Å². The van der Waals surface area contributed by atoms with E-state index < -0.39 is 0 Å². The number of likely N-dealkylation sites (tertiary alicyclic amines) is 2. The number of nitriles is 1. The van der Waals surface area contributed by atoms with Gasteiger partial charge in [-0.15, -0.1) is 11.3 Å². The Bertz CT molecular complexity index is 1140. The van der Waals surface area contributed by atoms with E-state index in [0.29, 0.717) is 24.1 Å². The van der Waals surface area contributed by atoms with Gasteiger partial charge in [-0.2, -0.15) is 5.26 Å². The summed E-state index contributed by atoms with van der Waals surface area (Å²) < 4.78 is 1.23. The van der Waals surface area contributed by atoms with Crippen molar-refractivity contribution >= 4 is 27.5 Å². The molecule has 1 amide bonds. The SMILES string of the molecule is C[C@@H](c1ccc2scnc2c1)N1CCC2(CCN(Cc3ccc(C#N)cc3)C2=O)CC1. The van der Waals surface area contributed by atoms with Crippen LogP contribution >= 0.6 is 11.3 Å². The standard InChI is InChI=1S/C25H26N4OS/c1-18(21-6-7-23-22(14-21)27-17-31-23)28-11-8-25(9-12-28)10-13-29(24(25)30)16-20-4-2-19(15-26)3-5-20/h2-7,14,17-18H,8-13,16H2,1H3/t18-/m0/s1. The van der Waals surface area contributed by atoms with E-state index >= 15 is 0 Å². The maximum Gasteiger partial charge on any atom is 0.229 e. The zero-order valence-corrected chi connectivity index (χ0v) is 18.6. The van der Waals surface area contributed by atoms with E-state index in [1.54, 1.807) is 11.3 Å². The smallest absolute Gasteiger partial charge is 0.229 e. The average Bonchev–Trinajstić information content (AvgIpc) is 3.40. The Morgan fingerprint density at radius 3 is 2.61 bits per heavy atom. The third kappa shape index (κ3) is 3.73. The van der Waals surface area contributed by atoms with Crippen molar-refractivity contribution < 1.29 is 4.79 Å². The van der Waals surface area contributed by atoms with Crippen molar-refractivity contribution in [1.82, 2.24) is 14.8 Å². The third-order valence-electron chi connectivity index (χ3n) is 7.20. The Balaban J connectivity index is 1.22. The molecule has 31 heavy (non-hydrogen) atoms. The molecule has 0 saturated carbocycles. The van der Waals surface area contributed by atoms with Gasteiger partial charge in [0.15, 0.2) is 0 Å². The molecule has 0 radical (unpaired) electrons. The van der Waals surface area contributed by atoms with Crippen molar-refractivity contribution in [3.63, 3.8) is 0 Å². The summed E-state index contributed by atoms with van der Waals surface area (Å²) in [5.41, 5.74) is 5.83. The fourth-order valence-electron chi connectivity index (χ4n) is 5.10. The topological polar surface area (TPSA) is 60.2 Å². The van der Waals surface area contributed by atoms with Crippen LogP contribution in [0.1, 0.15) is 48.9 Å². The molecule has 2 aliphatic heterocycles. The lowest BCUT2D eigenvalue weighted by atomic mass is 9.76. The minimum atomic E-state index is -0.193. The van der Waals surface area contributed by atoms with Crippen molar-refractivity contribution in [3.05, 3.63) is 64.7 Å². The van der Waals surface area contributed by atoms with Crippen LogP contribution in [0.3, 0.4) is 0 Å². The van der Waals surface area contributed by atoms with Crippen LogP contribution in [0.2, 0.25) is 0 Å². The second-order valence-electron chi connectivity index (χ2n) is 8.86. The summed E-state index contributed by atoms with van der Waals surface area (Å²) in [6, 6.07) is 16.6. The fraction of sp³-hybridized carbons (Fsp3) is 0.400. The van der Waals surface area contributed by atoms with Gasteiger partial charge < -0.3 is 4.90 Å². The Morgan fingerprint density at radius 1 is 1.13 bits per heavy atom. The summed E-state index contributed by atoms with van der Waals surface area (Å²) in [6.07, 6.45) is 2.81. The lowest BCUT2D eigenvalue weighted by Gasteiger charge is -2.40. The third-order valence-corrected chi connectivity index (χ3v) is 8.01. The molecule has 5 nitrogen and oxygen atoms in total. The van der Waals surface area contributed by atoms with Gasteiger partial charge in [-0.25, -0.2) is 4.98 Å². The number of benzene rings is 2. The Morgan fingerprint density at radius 2 is 1.87 bits per heavy atom. The molecule has 6 heteroatoms. The summed E-state index contributed by atoms with van der Waals surface area (Å²) in [6.45, 7) is 5.63. The lowest BCUT2D eigenvalue weighted by molar-refractivity contribution is -0.139. The highest BCUT2D eigenvalue weighted by Gasteiger charge is 2.48. The first-order valence-corrected chi connectivity index (χ1v) is 11.8. The zero-order chi connectivity index (χ0) is 21.4. The molecule has 2 saturated heterocycles. The van der Waals surface area contributed by atoms with Crippen LogP contribution in [0.25, 0.3) is 10.2 Å². The number of hydrogen-bond donors (Lipinski definition) is 0. The van der Waals surface area contributed by atoms with E-state index in [1.807, 2.05) is 34.7 Å². The molecule has 2 aromatic carbocycles. The molecule has 2 aliphatic rings. The number of piperidine rings is 1. The first-order valence-electron chi connectivity index (χ1n) is 10.9. The summed E-state index contributed by atoms with van der Waals surface area (Å²) >= 11 is 1.68.